The lowest BCUT2D eigenvalue weighted by Gasteiger charge is -2.07. The summed E-state index contributed by atoms with van der Waals surface area (Å²) in [6.45, 7) is 0. The van der Waals surface area contributed by atoms with E-state index in [0.29, 0.717) is 0 Å². The van der Waals surface area contributed by atoms with Crippen LogP contribution in [0.25, 0.3) is 0 Å². The molecule has 0 amide bonds. The van der Waals surface area contributed by atoms with Gasteiger partial charge in [0.2, 0.25) is 0 Å². The molecule has 0 aliphatic carbocycles. The minimum Gasteiger partial charge on any atom is -0.545 e. The molecule has 0 aliphatic heterocycles. The van der Waals surface area contributed by atoms with E-state index in [0.717, 1.165) is 0 Å². The second-order valence-corrected chi connectivity index (χ2v) is 2.15. The molecule has 13 heavy (non-hydrogen) atoms. The van der Waals surface area contributed by atoms with Crippen LogP contribution in [0.1, 0.15) is 10.4 Å². The van der Waals surface area contributed by atoms with Gasteiger partial charge in [-0.05, 0) is 12.1 Å². The number of carbonyl (C=O) groups excluding carboxylic acids is 1. The zero-order valence-electron chi connectivity index (χ0n) is 6.39. The van der Waals surface area contributed by atoms with E-state index in [2.05, 4.69) is 4.74 Å². The van der Waals surface area contributed by atoms with E-state index in [-0.39, 0.29) is 11.3 Å². The number of benzene rings is 1. The minimum absolute atomic E-state index is 0.241. The van der Waals surface area contributed by atoms with Crippen molar-refractivity contribution in [1.29, 1.82) is 0 Å². The third-order valence-corrected chi connectivity index (χ3v) is 1.30. The van der Waals surface area contributed by atoms with Crippen molar-refractivity contribution >= 4 is 12.1 Å². The van der Waals surface area contributed by atoms with E-state index in [1.807, 2.05) is 0 Å². The van der Waals surface area contributed by atoms with Gasteiger partial charge in [-0.1, -0.05) is 12.1 Å². The smallest absolute Gasteiger partial charge is 0.511 e. The molecule has 0 spiro atoms. The fourth-order valence-corrected chi connectivity index (χ4v) is 0.818. The Morgan fingerprint density at radius 3 is 2.46 bits per heavy atom. The Morgan fingerprint density at radius 1 is 1.31 bits per heavy atom. The SMILES string of the molecule is O=C(O)Oc1ccccc1C(=O)[O-]. The lowest BCUT2D eigenvalue weighted by atomic mass is 10.2. The molecular weight excluding hydrogens is 176 g/mol. The van der Waals surface area contributed by atoms with Crippen LogP contribution in [0.2, 0.25) is 0 Å². The van der Waals surface area contributed by atoms with Gasteiger partial charge in [0.1, 0.15) is 5.75 Å². The number of aromatic carboxylic acids is 1. The fourth-order valence-electron chi connectivity index (χ4n) is 0.818. The normalized spacial score (nSPS) is 9.23. The molecule has 0 saturated carbocycles. The van der Waals surface area contributed by atoms with Gasteiger partial charge in [0.05, 0.1) is 5.97 Å². The molecule has 1 aromatic rings. The van der Waals surface area contributed by atoms with E-state index in [9.17, 15) is 14.7 Å². The molecule has 0 unspecified atom stereocenters. The van der Waals surface area contributed by atoms with Gasteiger partial charge in [-0.2, -0.15) is 0 Å². The molecule has 68 valence electrons. The highest BCUT2D eigenvalue weighted by molar-refractivity contribution is 5.89. The highest BCUT2D eigenvalue weighted by atomic mass is 16.7. The van der Waals surface area contributed by atoms with Crippen molar-refractivity contribution in [1.82, 2.24) is 0 Å². The maximum Gasteiger partial charge on any atom is 0.511 e. The van der Waals surface area contributed by atoms with Gasteiger partial charge in [-0.25, -0.2) is 4.79 Å². The maximum atomic E-state index is 10.4. The summed E-state index contributed by atoms with van der Waals surface area (Å²) in [6, 6.07) is 5.34. The number of rotatable bonds is 2. The van der Waals surface area contributed by atoms with Crippen molar-refractivity contribution in [3.63, 3.8) is 0 Å². The zero-order chi connectivity index (χ0) is 9.84. The first kappa shape index (κ1) is 9.05. The van der Waals surface area contributed by atoms with Crippen LogP contribution in [-0.4, -0.2) is 17.2 Å². The third kappa shape index (κ3) is 2.19. The Morgan fingerprint density at radius 2 is 1.92 bits per heavy atom. The van der Waals surface area contributed by atoms with Crippen LogP contribution >= 0.6 is 0 Å². The van der Waals surface area contributed by atoms with Gasteiger partial charge in [0, 0.05) is 5.56 Å². The number of ether oxygens (including phenoxy) is 1. The summed E-state index contributed by atoms with van der Waals surface area (Å²) in [6.07, 6.45) is -1.56. The molecule has 0 fully saturated rings. The Hall–Kier alpha value is -2.04. The summed E-state index contributed by atoms with van der Waals surface area (Å²) in [7, 11) is 0. The average molecular weight is 181 g/mol. The zero-order valence-corrected chi connectivity index (χ0v) is 6.39. The molecule has 0 bridgehead atoms. The first-order chi connectivity index (χ1) is 6.11. The van der Waals surface area contributed by atoms with Crippen LogP contribution in [0.15, 0.2) is 24.3 Å². The van der Waals surface area contributed by atoms with Crippen LogP contribution < -0.4 is 9.84 Å². The molecule has 0 aliphatic rings. The van der Waals surface area contributed by atoms with Gasteiger partial charge in [-0.3, -0.25) is 0 Å². The van der Waals surface area contributed by atoms with Crippen LogP contribution in [0.4, 0.5) is 4.79 Å². The molecule has 0 heterocycles. The Kier molecular flexibility index (Phi) is 2.49. The first-order valence-corrected chi connectivity index (χ1v) is 3.32. The van der Waals surface area contributed by atoms with Crippen LogP contribution in [0.3, 0.4) is 0 Å². The van der Waals surface area contributed by atoms with Crippen molar-refractivity contribution in [3.05, 3.63) is 29.8 Å². The van der Waals surface area contributed by atoms with E-state index in [1.54, 1.807) is 0 Å². The molecule has 0 atom stereocenters. The third-order valence-electron chi connectivity index (χ3n) is 1.30. The van der Waals surface area contributed by atoms with Crippen LogP contribution in [-0.2, 0) is 0 Å². The highest BCUT2D eigenvalue weighted by Gasteiger charge is 2.06. The second kappa shape index (κ2) is 3.57. The van der Waals surface area contributed by atoms with Crippen molar-refractivity contribution in [2.24, 2.45) is 0 Å². The number of para-hydroxylation sites is 1. The molecule has 1 aromatic carbocycles. The number of carboxylic acid groups (broad SMARTS) is 2. The number of hydrogen-bond acceptors (Lipinski definition) is 4. The summed E-state index contributed by atoms with van der Waals surface area (Å²) in [5.41, 5.74) is -0.287. The lowest BCUT2D eigenvalue weighted by Crippen LogP contribution is -2.23. The predicted molar refractivity (Wildman–Crippen MR) is 39.4 cm³/mol. The Bertz CT molecular complexity index is 344. The van der Waals surface area contributed by atoms with E-state index >= 15 is 0 Å². The minimum atomic E-state index is -1.56. The van der Waals surface area contributed by atoms with Crippen LogP contribution in [0, 0.1) is 0 Å². The Balaban J connectivity index is 3.04. The Labute approximate surface area is 73.2 Å². The van der Waals surface area contributed by atoms with Gasteiger partial charge < -0.3 is 19.7 Å². The van der Waals surface area contributed by atoms with Crippen molar-refractivity contribution < 1.29 is 24.5 Å². The fraction of sp³-hybridized carbons (Fsp3) is 0. The average Bonchev–Trinajstić information content (AvgIpc) is 2.03. The molecule has 0 radical (unpaired) electrons. The van der Waals surface area contributed by atoms with E-state index in [1.165, 1.54) is 24.3 Å². The largest absolute Gasteiger partial charge is 0.545 e. The molecule has 5 heteroatoms. The first-order valence-electron chi connectivity index (χ1n) is 3.32. The molecule has 1 rings (SSSR count). The standard InChI is InChI=1S/C8H6O5/c9-7(10)5-3-1-2-4-6(5)13-8(11)12/h1-4H,(H,9,10)(H,11,12)/p-1. The maximum absolute atomic E-state index is 10.4. The molecule has 0 saturated heterocycles. The summed E-state index contributed by atoms with van der Waals surface area (Å²) < 4.78 is 4.20. The van der Waals surface area contributed by atoms with Gasteiger partial charge in [0.25, 0.3) is 0 Å². The lowest BCUT2D eigenvalue weighted by molar-refractivity contribution is -0.255. The van der Waals surface area contributed by atoms with E-state index < -0.39 is 12.1 Å². The summed E-state index contributed by atoms with van der Waals surface area (Å²) >= 11 is 0. The highest BCUT2D eigenvalue weighted by Crippen LogP contribution is 2.16. The van der Waals surface area contributed by atoms with Crippen LogP contribution in [0.5, 0.6) is 5.75 Å². The quantitative estimate of drug-likeness (QED) is 0.516. The summed E-state index contributed by atoms with van der Waals surface area (Å²) in [4.78, 5) is 20.5. The topological polar surface area (TPSA) is 86.7 Å². The van der Waals surface area contributed by atoms with Crippen molar-refractivity contribution in [2.45, 2.75) is 0 Å². The monoisotopic (exact) mass is 181 g/mol. The number of hydrogen-bond donors (Lipinski definition) is 1. The summed E-state index contributed by atoms with van der Waals surface area (Å²) in [5, 5.41) is 18.7. The number of carbonyl (C=O) groups is 2. The van der Waals surface area contributed by atoms with Crippen molar-refractivity contribution in [2.75, 3.05) is 0 Å². The van der Waals surface area contributed by atoms with E-state index in [4.69, 9.17) is 5.11 Å². The predicted octanol–water partition coefficient (Wildman–Crippen LogP) is 0.107. The number of carboxylic acids is 1. The van der Waals surface area contributed by atoms with Gasteiger partial charge in [-0.15, -0.1) is 0 Å². The summed E-state index contributed by atoms with van der Waals surface area (Å²) in [5.74, 6) is -1.72. The van der Waals surface area contributed by atoms with Gasteiger partial charge in [0.15, 0.2) is 0 Å². The second-order valence-electron chi connectivity index (χ2n) is 2.15. The molecule has 1 N–H and O–H groups in total. The molecule has 0 aromatic heterocycles. The van der Waals surface area contributed by atoms with Crippen molar-refractivity contribution in [3.8, 4) is 5.75 Å². The van der Waals surface area contributed by atoms with Gasteiger partial charge >= 0.3 is 6.16 Å². The molecular formula is C8H5O5-. The molecule has 5 nitrogen and oxygen atoms in total.